The Labute approximate surface area is 122 Å². The summed E-state index contributed by atoms with van der Waals surface area (Å²) in [4.78, 5) is 14.1. The first-order valence-electron chi connectivity index (χ1n) is 7.79. The minimum atomic E-state index is -0.219. The lowest BCUT2D eigenvalue weighted by Crippen LogP contribution is -2.35. The van der Waals surface area contributed by atoms with Crippen LogP contribution in [0.25, 0.3) is 0 Å². The van der Waals surface area contributed by atoms with Gasteiger partial charge in [0.2, 0.25) is 0 Å². The maximum atomic E-state index is 12.2. The second-order valence-corrected chi connectivity index (χ2v) is 5.08. The Kier molecular flexibility index (Phi) is 8.52. The van der Waals surface area contributed by atoms with E-state index >= 15 is 0 Å². The van der Waals surface area contributed by atoms with Gasteiger partial charge in [0.1, 0.15) is 5.75 Å². The Morgan fingerprint density at radius 3 is 2.00 bits per heavy atom. The lowest BCUT2D eigenvalue weighted by Gasteiger charge is -2.22. The number of hydrogen-bond donors (Lipinski definition) is 0. The van der Waals surface area contributed by atoms with Crippen LogP contribution in [0, 0.1) is 0 Å². The van der Waals surface area contributed by atoms with Gasteiger partial charge < -0.3 is 9.64 Å². The first-order valence-corrected chi connectivity index (χ1v) is 7.79. The highest BCUT2D eigenvalue weighted by Gasteiger charge is 2.14. The van der Waals surface area contributed by atoms with E-state index in [9.17, 15) is 4.79 Å². The Bertz CT molecular complexity index is 355. The van der Waals surface area contributed by atoms with Crippen LogP contribution in [0.2, 0.25) is 0 Å². The van der Waals surface area contributed by atoms with Crippen molar-refractivity contribution < 1.29 is 9.53 Å². The summed E-state index contributed by atoms with van der Waals surface area (Å²) in [5.41, 5.74) is 0. The second kappa shape index (κ2) is 10.3. The molecule has 0 saturated heterocycles. The van der Waals surface area contributed by atoms with Gasteiger partial charge in [-0.2, -0.15) is 0 Å². The highest BCUT2D eigenvalue weighted by atomic mass is 16.6. The van der Waals surface area contributed by atoms with Crippen LogP contribution in [0.15, 0.2) is 30.3 Å². The van der Waals surface area contributed by atoms with Crippen molar-refractivity contribution in [1.82, 2.24) is 4.90 Å². The topological polar surface area (TPSA) is 29.5 Å². The summed E-state index contributed by atoms with van der Waals surface area (Å²) >= 11 is 0. The molecule has 0 bridgehead atoms. The Morgan fingerprint density at radius 1 is 0.950 bits per heavy atom. The van der Waals surface area contributed by atoms with Crippen LogP contribution in [-0.4, -0.2) is 24.1 Å². The lowest BCUT2D eigenvalue weighted by atomic mass is 10.2. The molecule has 1 aromatic rings. The van der Waals surface area contributed by atoms with Crippen LogP contribution in [-0.2, 0) is 0 Å². The molecule has 0 N–H and O–H groups in total. The molecule has 0 aliphatic rings. The number of carbonyl (C=O) groups is 1. The van der Waals surface area contributed by atoms with Gasteiger partial charge in [0, 0.05) is 13.1 Å². The number of nitrogens with zero attached hydrogens (tertiary/aromatic N) is 1. The van der Waals surface area contributed by atoms with Crippen molar-refractivity contribution in [3.63, 3.8) is 0 Å². The average Bonchev–Trinajstić information content (AvgIpc) is 2.47. The number of carbonyl (C=O) groups excluding carboxylic acids is 1. The zero-order valence-corrected chi connectivity index (χ0v) is 12.8. The summed E-state index contributed by atoms with van der Waals surface area (Å²) in [6.07, 6.45) is 6.51. The van der Waals surface area contributed by atoms with Crippen LogP contribution in [0.4, 0.5) is 4.79 Å². The van der Waals surface area contributed by atoms with E-state index in [0.717, 1.165) is 51.6 Å². The number of amides is 1. The Balaban J connectivity index is 2.48. The van der Waals surface area contributed by atoms with E-state index < -0.39 is 0 Å². The molecule has 0 saturated carbocycles. The molecule has 1 amide bonds. The number of hydrogen-bond acceptors (Lipinski definition) is 2. The van der Waals surface area contributed by atoms with Crippen molar-refractivity contribution in [2.75, 3.05) is 13.1 Å². The summed E-state index contributed by atoms with van der Waals surface area (Å²) in [5.74, 6) is 0.619. The molecule has 0 unspecified atom stereocenters. The summed E-state index contributed by atoms with van der Waals surface area (Å²) in [6, 6.07) is 9.29. The van der Waals surface area contributed by atoms with Gasteiger partial charge in [-0.15, -0.1) is 0 Å². The molecule has 112 valence electrons. The summed E-state index contributed by atoms with van der Waals surface area (Å²) in [5, 5.41) is 0. The predicted octanol–water partition coefficient (Wildman–Crippen LogP) is 4.87. The van der Waals surface area contributed by atoms with E-state index in [-0.39, 0.29) is 6.09 Å². The van der Waals surface area contributed by atoms with E-state index in [4.69, 9.17) is 4.74 Å². The van der Waals surface area contributed by atoms with Crippen molar-refractivity contribution >= 4 is 6.09 Å². The van der Waals surface area contributed by atoms with E-state index in [1.807, 2.05) is 35.2 Å². The first-order chi connectivity index (χ1) is 9.77. The third-order valence-electron chi connectivity index (χ3n) is 3.27. The lowest BCUT2D eigenvalue weighted by molar-refractivity contribution is 0.150. The molecule has 0 aliphatic heterocycles. The molecule has 1 rings (SSSR count). The van der Waals surface area contributed by atoms with Gasteiger partial charge in [0.25, 0.3) is 0 Å². The normalized spacial score (nSPS) is 10.3. The van der Waals surface area contributed by atoms with Crippen LogP contribution < -0.4 is 4.74 Å². The zero-order valence-electron chi connectivity index (χ0n) is 12.8. The van der Waals surface area contributed by atoms with Crippen molar-refractivity contribution in [2.45, 2.75) is 52.4 Å². The van der Waals surface area contributed by atoms with Crippen molar-refractivity contribution in [1.29, 1.82) is 0 Å². The van der Waals surface area contributed by atoms with Gasteiger partial charge in [0.05, 0.1) is 0 Å². The van der Waals surface area contributed by atoms with Crippen LogP contribution in [0.5, 0.6) is 5.75 Å². The third kappa shape index (κ3) is 6.60. The molecular weight excluding hydrogens is 250 g/mol. The molecule has 1 aromatic carbocycles. The molecule has 0 aliphatic carbocycles. The maximum Gasteiger partial charge on any atom is 0.415 e. The fourth-order valence-electron chi connectivity index (χ4n) is 2.05. The zero-order chi connectivity index (χ0) is 14.6. The third-order valence-corrected chi connectivity index (χ3v) is 3.27. The number of benzene rings is 1. The van der Waals surface area contributed by atoms with Crippen molar-refractivity contribution in [2.24, 2.45) is 0 Å². The maximum absolute atomic E-state index is 12.2. The van der Waals surface area contributed by atoms with Gasteiger partial charge in [-0.3, -0.25) is 0 Å². The number of para-hydroxylation sites is 1. The fourth-order valence-corrected chi connectivity index (χ4v) is 2.05. The van der Waals surface area contributed by atoms with Crippen molar-refractivity contribution in [3.8, 4) is 5.75 Å². The molecule has 0 fully saturated rings. The molecule has 0 spiro atoms. The van der Waals surface area contributed by atoms with Crippen LogP contribution in [0.3, 0.4) is 0 Å². The first kappa shape index (κ1) is 16.5. The monoisotopic (exact) mass is 277 g/mol. The standard InChI is InChI=1S/C17H27NO2/c1-3-5-10-14-18(15-11-6-4-2)17(19)20-16-12-8-7-9-13-16/h7-9,12-13H,3-6,10-11,14-15H2,1-2H3. The Morgan fingerprint density at radius 2 is 1.50 bits per heavy atom. The summed E-state index contributed by atoms with van der Waals surface area (Å²) in [6.45, 7) is 5.93. The predicted molar refractivity (Wildman–Crippen MR) is 83.1 cm³/mol. The fraction of sp³-hybridized carbons (Fsp3) is 0.588. The SMILES string of the molecule is CCCCCN(CCCCC)C(=O)Oc1ccccc1. The van der Waals surface area contributed by atoms with Crippen LogP contribution >= 0.6 is 0 Å². The molecule has 0 atom stereocenters. The quantitative estimate of drug-likeness (QED) is 0.603. The number of ether oxygens (including phenoxy) is 1. The molecule has 3 heteroatoms. The molecule has 0 radical (unpaired) electrons. The van der Waals surface area contributed by atoms with Gasteiger partial charge in [-0.25, -0.2) is 4.79 Å². The summed E-state index contributed by atoms with van der Waals surface area (Å²) in [7, 11) is 0. The Hall–Kier alpha value is -1.51. The highest BCUT2D eigenvalue weighted by Crippen LogP contribution is 2.11. The molecule has 0 heterocycles. The van der Waals surface area contributed by atoms with E-state index in [2.05, 4.69) is 13.8 Å². The minimum absolute atomic E-state index is 0.219. The average molecular weight is 277 g/mol. The molecule has 0 aromatic heterocycles. The minimum Gasteiger partial charge on any atom is -0.410 e. The smallest absolute Gasteiger partial charge is 0.410 e. The van der Waals surface area contributed by atoms with Crippen LogP contribution in [0.1, 0.15) is 52.4 Å². The van der Waals surface area contributed by atoms with Gasteiger partial charge >= 0.3 is 6.09 Å². The number of unbranched alkanes of at least 4 members (excludes halogenated alkanes) is 4. The second-order valence-electron chi connectivity index (χ2n) is 5.08. The molecule has 3 nitrogen and oxygen atoms in total. The van der Waals surface area contributed by atoms with E-state index in [1.165, 1.54) is 0 Å². The molecular formula is C17H27NO2. The molecule has 20 heavy (non-hydrogen) atoms. The summed E-state index contributed by atoms with van der Waals surface area (Å²) < 4.78 is 5.42. The van der Waals surface area contributed by atoms with Gasteiger partial charge in [0.15, 0.2) is 0 Å². The highest BCUT2D eigenvalue weighted by molar-refractivity contribution is 5.70. The van der Waals surface area contributed by atoms with Gasteiger partial charge in [-0.1, -0.05) is 57.7 Å². The van der Waals surface area contributed by atoms with E-state index in [0.29, 0.717) is 5.75 Å². The largest absolute Gasteiger partial charge is 0.415 e. The number of rotatable bonds is 9. The van der Waals surface area contributed by atoms with E-state index in [1.54, 1.807) is 0 Å². The van der Waals surface area contributed by atoms with Gasteiger partial charge in [-0.05, 0) is 25.0 Å². The van der Waals surface area contributed by atoms with Crippen molar-refractivity contribution in [3.05, 3.63) is 30.3 Å².